The SMILES string of the molecule is CC(C)N[C@H](CCCCN1CCCCC1)C(=O)N1CCN(C2=N[C@@H](C)[C@H](c3ccccc3)O2)C[C@H]1C(=O)CCc1cccs1.C[C@@H]1N=C(N2CCN(C(=O)[C@@H](CCCCNS(C)(=O)=O)CC3CCCCC3)[C@H](C(=O)CCc3cccs3)C2)O[C@H]1c1cccc(C#N)c1.C[C@H]1N=C(N2CCN(C(=O)[C@@H](CC3CCCCC3)NC3CCCCC3)[C@H](C(=O)CCc3cccs3)C2)O[C@H]1c1ccccc1. The molecular weight excluding hydrogens is 1790 g/mol. The molecule has 3 saturated carbocycles. The number of nitrogens with zero attached hydrogens (tertiary/aromatic N) is 11. The van der Waals surface area contributed by atoms with Gasteiger partial charge in [0, 0.05) is 117 Å². The minimum absolute atomic E-state index is 0.0143. The van der Waals surface area contributed by atoms with Crippen LogP contribution < -0.4 is 15.4 Å². The molecule has 25 nitrogen and oxygen atoms in total. The lowest BCUT2D eigenvalue weighted by Crippen LogP contribution is -2.63. The molecule has 6 aromatic rings. The molecule has 7 aliphatic heterocycles. The second-order valence-electron chi connectivity index (χ2n) is 39.9. The third kappa shape index (κ3) is 29.9. The number of piperidine rings is 1. The largest absolute Gasteiger partial charge is 0.455 e. The highest BCUT2D eigenvalue weighted by Crippen LogP contribution is 2.39. The van der Waals surface area contributed by atoms with E-state index in [0.717, 1.165) is 98.6 Å². The van der Waals surface area contributed by atoms with Gasteiger partial charge in [-0.2, -0.15) is 5.26 Å². The molecule has 0 spiro atoms. The van der Waals surface area contributed by atoms with E-state index in [0.29, 0.717) is 158 Å². The van der Waals surface area contributed by atoms with Crippen molar-refractivity contribution >= 4 is 97.2 Å². The topological polar surface area (TPSA) is 284 Å². The summed E-state index contributed by atoms with van der Waals surface area (Å²) >= 11 is 5.00. The number of unbranched alkanes of at least 4 members (excludes halogenated alkanes) is 2. The molecule has 10 aliphatic rings. The molecule has 3 N–H and O–H groups in total. The zero-order valence-electron chi connectivity index (χ0n) is 81.4. The predicted octanol–water partition coefficient (Wildman–Crippen LogP) is 17.3. The first kappa shape index (κ1) is 103. The number of aliphatic imine (C=N–C) groups is 3. The van der Waals surface area contributed by atoms with Gasteiger partial charge in [-0.1, -0.05) is 208 Å². The number of piperazine rings is 3. The van der Waals surface area contributed by atoms with Crippen molar-refractivity contribution in [2.75, 3.05) is 91.3 Å². The summed E-state index contributed by atoms with van der Waals surface area (Å²) < 4.78 is 44.9. The van der Waals surface area contributed by atoms with Gasteiger partial charge in [0.2, 0.25) is 27.7 Å². The van der Waals surface area contributed by atoms with Crippen LogP contribution in [0.2, 0.25) is 0 Å². The van der Waals surface area contributed by atoms with Gasteiger partial charge in [-0.15, -0.1) is 34.0 Å². The maximum atomic E-state index is 14.5. The Hall–Kier alpha value is -8.73. The van der Waals surface area contributed by atoms with Crippen molar-refractivity contribution < 1.29 is 51.4 Å². The van der Waals surface area contributed by atoms with Crippen LogP contribution in [0, 0.1) is 29.1 Å². The number of sulfonamides is 1. The van der Waals surface area contributed by atoms with Crippen LogP contribution in [0.25, 0.3) is 0 Å². The predicted molar refractivity (Wildman–Crippen MR) is 543 cm³/mol. The van der Waals surface area contributed by atoms with E-state index in [-0.39, 0.29) is 95.6 Å². The zero-order chi connectivity index (χ0) is 95.3. The van der Waals surface area contributed by atoms with E-state index in [4.69, 9.17) is 29.2 Å². The Balaban J connectivity index is 0.000000163. The lowest BCUT2D eigenvalue weighted by atomic mass is 9.80. The number of ether oxygens (including phenoxy) is 3. The first-order valence-electron chi connectivity index (χ1n) is 51.4. The van der Waals surface area contributed by atoms with Crippen LogP contribution >= 0.6 is 34.0 Å². The Morgan fingerprint density at radius 1 is 0.463 bits per heavy atom. The average Bonchev–Trinajstić information content (AvgIpc) is 1.56. The first-order chi connectivity index (χ1) is 66.0. The summed E-state index contributed by atoms with van der Waals surface area (Å²) in [6.45, 7) is 18.5. The number of hydrogen-bond donors (Lipinski definition) is 3. The number of aryl methyl sites for hydroxylation is 3. The minimum atomic E-state index is -3.26. The molecule has 4 saturated heterocycles. The molecule has 0 radical (unpaired) electrons. The number of ketones is 3. The molecule has 16 rings (SSSR count). The fourth-order valence-electron chi connectivity index (χ4n) is 21.8. The molecule has 10 heterocycles. The van der Waals surface area contributed by atoms with Crippen LogP contribution in [0.1, 0.15) is 276 Å². The molecule has 29 heteroatoms. The average molecular weight is 1940 g/mol. The van der Waals surface area contributed by atoms with Crippen LogP contribution in [-0.2, 0) is 72.3 Å². The van der Waals surface area contributed by atoms with Crippen molar-refractivity contribution in [2.45, 2.75) is 319 Å². The lowest BCUT2D eigenvalue weighted by molar-refractivity contribution is -0.146. The van der Waals surface area contributed by atoms with Crippen LogP contribution in [0.15, 0.2) is 152 Å². The molecule has 3 aliphatic carbocycles. The Bertz CT molecular complexity index is 4970. The van der Waals surface area contributed by atoms with E-state index in [1.54, 1.807) is 40.1 Å². The first-order valence-corrected chi connectivity index (χ1v) is 55.9. The number of amidine groups is 3. The number of thiophene rings is 3. The van der Waals surface area contributed by atoms with E-state index in [1.165, 1.54) is 113 Å². The van der Waals surface area contributed by atoms with Gasteiger partial charge in [0.15, 0.2) is 17.3 Å². The molecule has 3 aromatic carbocycles. The van der Waals surface area contributed by atoms with Crippen molar-refractivity contribution in [3.05, 3.63) is 174 Å². The molecule has 3 amide bonds. The number of carbonyl (C=O) groups is 6. The Morgan fingerprint density at radius 3 is 1.32 bits per heavy atom. The van der Waals surface area contributed by atoms with E-state index in [9.17, 15) is 42.4 Å². The number of likely N-dealkylation sites (tertiary alicyclic amines) is 1. The van der Waals surface area contributed by atoms with E-state index in [2.05, 4.69) is 106 Å². The van der Waals surface area contributed by atoms with Crippen LogP contribution in [-0.4, -0.2) is 248 Å². The maximum absolute atomic E-state index is 14.5. The van der Waals surface area contributed by atoms with E-state index in [1.807, 2.05) is 116 Å². The van der Waals surface area contributed by atoms with Crippen molar-refractivity contribution in [1.82, 2.24) is 49.7 Å². The Kier molecular flexibility index (Phi) is 39.4. The van der Waals surface area contributed by atoms with Crippen molar-refractivity contribution in [3.63, 3.8) is 0 Å². The zero-order valence-corrected chi connectivity index (χ0v) is 84.6. The number of rotatable bonds is 37. The molecular formula is C107H150N14O11S4. The minimum Gasteiger partial charge on any atom is -0.455 e. The van der Waals surface area contributed by atoms with Crippen molar-refractivity contribution in [3.8, 4) is 6.07 Å². The highest BCUT2D eigenvalue weighted by atomic mass is 32.2. The maximum Gasteiger partial charge on any atom is 0.288 e. The monoisotopic (exact) mass is 1940 g/mol. The van der Waals surface area contributed by atoms with Gasteiger partial charge in [-0.3, -0.25) is 28.8 Å². The molecule has 3 aromatic heterocycles. The van der Waals surface area contributed by atoms with E-state index >= 15 is 0 Å². The van der Waals surface area contributed by atoms with E-state index < -0.39 is 28.1 Å². The van der Waals surface area contributed by atoms with Crippen molar-refractivity contribution in [2.24, 2.45) is 32.7 Å². The summed E-state index contributed by atoms with van der Waals surface area (Å²) in [7, 11) is -3.26. The quantitative estimate of drug-likeness (QED) is 0.0306. The van der Waals surface area contributed by atoms with Gasteiger partial charge in [0.1, 0.15) is 36.4 Å². The van der Waals surface area contributed by atoms with Gasteiger partial charge >= 0.3 is 0 Å². The molecule has 7 fully saturated rings. The standard InChI is InChI=1S/C36H49N5O5S2.C36H50N4O3S.C35H51N5O3S/c1-26-34(29-14-8-12-28(23-29)24-37)46-36(39-26)40-19-20-41(32(25-40)33(42)17-16-31-15-9-21-47-31)35(43)30(22-27-10-4-3-5-11-27)13-6-7-18-38-48(2,44)45;1-26-34(28-14-7-3-8-15-28)43-36(37-26)39-21-22-40(32(25-39)33(41)20-19-30-18-11-23-44-30)35(42)31(24-27-12-5-2-6-13-27)38-29-16-9-4-10-17-29;1-26(2)36-30(16-8-11-21-38-19-9-5-10-20-38)34(42)40-23-22-39(25-31(40)32(41)18-17-29-15-12-24-44-29)35-37-27(3)33(43-35)28-13-6-4-7-14-28/h8-9,12,14-15,21,23,26-27,30,32,34,38H,3-7,10-11,13,16-20,22,25H2,1-2H3;3,7-8,11,14-15,18,23,26-27,29,31-32,34,38H,2,4-6,9-10,12-13,16-17,19-22,24-25H2,1H3;4,6-7,12-15,24,26-27,30-31,33,36H,5,8-11,16-23,25H2,1-3H3/t26-,30-,32-,34+;26-,31-,32+,34-;27-,30+,31-,33+/m010/s1. The lowest BCUT2D eigenvalue weighted by Gasteiger charge is -2.43. The fourth-order valence-corrected chi connectivity index (χ4v) is 24.4. The van der Waals surface area contributed by atoms with Gasteiger partial charge in [-0.05, 0) is 199 Å². The number of amides is 3. The van der Waals surface area contributed by atoms with Gasteiger partial charge in [-0.25, -0.2) is 28.1 Å². The highest BCUT2D eigenvalue weighted by Gasteiger charge is 2.47. The number of nitrogens with one attached hydrogen (secondary N) is 3. The van der Waals surface area contributed by atoms with Crippen molar-refractivity contribution in [1.29, 1.82) is 5.26 Å². The van der Waals surface area contributed by atoms with Crippen LogP contribution in [0.5, 0.6) is 0 Å². The second-order valence-corrected chi connectivity index (χ2v) is 44.8. The smallest absolute Gasteiger partial charge is 0.288 e. The highest BCUT2D eigenvalue weighted by molar-refractivity contribution is 7.88. The normalized spacial score (nSPS) is 23.9. The Morgan fingerprint density at radius 2 is 0.882 bits per heavy atom. The summed E-state index contributed by atoms with van der Waals surface area (Å²) in [6, 6.07) is 42.1. The number of nitriles is 1. The van der Waals surface area contributed by atoms with Gasteiger partial charge in [0.25, 0.3) is 18.1 Å². The molecule has 12 atom stereocenters. The summed E-state index contributed by atoms with van der Waals surface area (Å²) in [6.07, 6.45) is 32.5. The third-order valence-corrected chi connectivity index (χ3v) is 32.8. The number of benzene rings is 3. The number of Topliss-reactive ketones (excluding diaryl/α,β-unsaturated/α-hetero) is 3. The van der Waals surface area contributed by atoms with Gasteiger partial charge < -0.3 is 59.1 Å². The Labute approximate surface area is 821 Å². The molecule has 738 valence electrons. The van der Waals surface area contributed by atoms with Crippen LogP contribution in [0.3, 0.4) is 0 Å². The number of hydrogen-bond acceptors (Lipinski definition) is 24. The molecule has 136 heavy (non-hydrogen) atoms. The summed E-state index contributed by atoms with van der Waals surface area (Å²) in [5.74, 6) is 1.38. The molecule has 0 bridgehead atoms. The number of carbonyl (C=O) groups excluding carboxylic acids is 6. The summed E-state index contributed by atoms with van der Waals surface area (Å²) in [5.41, 5.74) is 3.65. The summed E-state index contributed by atoms with van der Waals surface area (Å²) in [5, 5.41) is 22.9. The third-order valence-electron chi connectivity index (χ3n) is 29.2. The summed E-state index contributed by atoms with van der Waals surface area (Å²) in [4.78, 5) is 118. The van der Waals surface area contributed by atoms with Gasteiger partial charge in [0.05, 0.1) is 48.1 Å². The second kappa shape index (κ2) is 52.0. The fraction of sp³-hybridized carbons (Fsp3) is 0.626. The van der Waals surface area contributed by atoms with Crippen LogP contribution in [0.4, 0.5) is 0 Å². The molecule has 0 unspecified atom stereocenters.